The number of thiocarbonyl (C=S) groups is 1. The second-order valence-corrected chi connectivity index (χ2v) is 10.3. The largest absolute Gasteiger partial charge is 0.296 e. The number of benzene rings is 4. The molecule has 0 unspecified atom stereocenters. The first-order chi connectivity index (χ1) is 17.5. The van der Waals surface area contributed by atoms with E-state index < -0.39 is 0 Å². The zero-order valence-electron chi connectivity index (χ0n) is 19.6. The fourth-order valence-electron chi connectivity index (χ4n) is 4.81. The number of hydrogen-bond acceptors (Lipinski definition) is 4. The minimum absolute atomic E-state index is 0.283. The lowest BCUT2D eigenvalue weighted by molar-refractivity contribution is -0.113. The lowest BCUT2D eigenvalue weighted by Crippen LogP contribution is -2.33. The van der Waals surface area contributed by atoms with E-state index in [1.807, 2.05) is 74.6 Å². The van der Waals surface area contributed by atoms with Crippen molar-refractivity contribution in [2.45, 2.75) is 6.92 Å². The maximum absolute atomic E-state index is 13.7. The Balaban J connectivity index is 1.50. The Labute approximate surface area is 217 Å². The summed E-state index contributed by atoms with van der Waals surface area (Å²) in [7, 11) is 1.81. The predicted octanol–water partition coefficient (Wildman–Crippen LogP) is 6.20. The molecule has 0 saturated carbocycles. The highest BCUT2D eigenvalue weighted by Gasteiger charge is 2.37. The predicted molar refractivity (Wildman–Crippen MR) is 153 cm³/mol. The molecule has 4 aromatic carbocycles. The standard InChI is InChI=1S/C29H21N3O2S2/c1-18-26(28(34)32(30(18)2)21-12-4-3-5-13-21)31-27(33)25(36-29(31)35)17-24-22-14-8-6-10-19(22)16-20-11-7-9-15-23(20)24/h3-17H,1-2H3/b25-17-. The smallest absolute Gasteiger partial charge is 0.283 e. The summed E-state index contributed by atoms with van der Waals surface area (Å²) in [5.74, 6) is -0.284. The summed E-state index contributed by atoms with van der Waals surface area (Å²) in [6, 6.07) is 27.8. The Morgan fingerprint density at radius 1 is 0.833 bits per heavy atom. The molecule has 7 heteroatoms. The molecular weight excluding hydrogens is 486 g/mol. The van der Waals surface area contributed by atoms with Gasteiger partial charge in [0.25, 0.3) is 11.5 Å². The Kier molecular flexibility index (Phi) is 5.39. The topological polar surface area (TPSA) is 47.2 Å². The molecule has 0 spiro atoms. The molecule has 1 aromatic heterocycles. The third-order valence-electron chi connectivity index (χ3n) is 6.63. The summed E-state index contributed by atoms with van der Waals surface area (Å²) in [4.78, 5) is 29.2. The van der Waals surface area contributed by atoms with Crippen molar-refractivity contribution in [2.75, 3.05) is 4.90 Å². The number of amides is 1. The zero-order chi connectivity index (χ0) is 25.0. The maximum Gasteiger partial charge on any atom is 0.296 e. The molecule has 1 aliphatic rings. The van der Waals surface area contributed by atoms with Crippen LogP contribution in [0.15, 0.2) is 94.6 Å². The first kappa shape index (κ1) is 22.5. The van der Waals surface area contributed by atoms with E-state index in [-0.39, 0.29) is 17.2 Å². The summed E-state index contributed by atoms with van der Waals surface area (Å²) < 4.78 is 3.67. The van der Waals surface area contributed by atoms with E-state index in [9.17, 15) is 9.59 Å². The molecule has 1 amide bonds. The van der Waals surface area contributed by atoms with E-state index in [4.69, 9.17) is 12.2 Å². The van der Waals surface area contributed by atoms with Crippen LogP contribution in [-0.2, 0) is 11.8 Å². The number of anilines is 1. The molecule has 5 nitrogen and oxygen atoms in total. The van der Waals surface area contributed by atoms with E-state index >= 15 is 0 Å². The van der Waals surface area contributed by atoms with E-state index in [0.29, 0.717) is 14.9 Å². The molecule has 0 atom stereocenters. The minimum Gasteiger partial charge on any atom is -0.283 e. The van der Waals surface area contributed by atoms with Gasteiger partial charge in [-0.2, -0.15) is 0 Å². The molecule has 6 rings (SSSR count). The first-order valence-corrected chi connectivity index (χ1v) is 12.7. The number of aromatic nitrogens is 2. The Hall–Kier alpha value is -3.94. The first-order valence-electron chi connectivity index (χ1n) is 11.5. The highest BCUT2D eigenvalue weighted by molar-refractivity contribution is 8.27. The van der Waals surface area contributed by atoms with Crippen LogP contribution in [0.2, 0.25) is 0 Å². The number of fused-ring (bicyclic) bond motifs is 2. The number of hydrogen-bond donors (Lipinski definition) is 0. The number of para-hydroxylation sites is 1. The van der Waals surface area contributed by atoms with Crippen LogP contribution in [0.1, 0.15) is 11.3 Å². The van der Waals surface area contributed by atoms with Gasteiger partial charge in [0.2, 0.25) is 0 Å². The molecule has 1 saturated heterocycles. The van der Waals surface area contributed by atoms with Gasteiger partial charge in [0.1, 0.15) is 5.69 Å². The van der Waals surface area contributed by atoms with E-state index in [0.717, 1.165) is 32.8 Å². The Morgan fingerprint density at radius 2 is 1.42 bits per heavy atom. The average molecular weight is 508 g/mol. The lowest BCUT2D eigenvalue weighted by Gasteiger charge is -2.12. The fourth-order valence-corrected chi connectivity index (χ4v) is 6.06. The molecule has 2 heterocycles. The highest BCUT2D eigenvalue weighted by Crippen LogP contribution is 2.39. The number of nitrogens with zero attached hydrogens (tertiary/aromatic N) is 3. The van der Waals surface area contributed by atoms with Crippen LogP contribution in [0.3, 0.4) is 0 Å². The summed E-state index contributed by atoms with van der Waals surface area (Å²) >= 11 is 6.87. The van der Waals surface area contributed by atoms with Gasteiger partial charge >= 0.3 is 0 Å². The van der Waals surface area contributed by atoms with Crippen molar-refractivity contribution >= 4 is 67.5 Å². The van der Waals surface area contributed by atoms with Gasteiger partial charge in [0.15, 0.2) is 4.32 Å². The highest BCUT2D eigenvalue weighted by atomic mass is 32.2. The van der Waals surface area contributed by atoms with Gasteiger partial charge in [-0.1, -0.05) is 90.7 Å². The third-order valence-corrected chi connectivity index (χ3v) is 7.93. The van der Waals surface area contributed by atoms with Crippen LogP contribution < -0.4 is 10.5 Å². The fraction of sp³-hybridized carbons (Fsp3) is 0.0690. The van der Waals surface area contributed by atoms with Crippen molar-refractivity contribution < 1.29 is 4.79 Å². The number of carbonyl (C=O) groups excluding carboxylic acids is 1. The number of rotatable bonds is 3. The van der Waals surface area contributed by atoms with Gasteiger partial charge in [0.05, 0.1) is 16.3 Å². The van der Waals surface area contributed by atoms with Gasteiger partial charge < -0.3 is 0 Å². The van der Waals surface area contributed by atoms with Crippen LogP contribution in [0.4, 0.5) is 5.69 Å². The van der Waals surface area contributed by atoms with Crippen LogP contribution in [-0.4, -0.2) is 19.6 Å². The molecule has 1 aliphatic heterocycles. The average Bonchev–Trinajstić information content (AvgIpc) is 3.29. The summed E-state index contributed by atoms with van der Waals surface area (Å²) in [6.07, 6.45) is 1.91. The Bertz CT molecular complexity index is 1740. The van der Waals surface area contributed by atoms with Crippen molar-refractivity contribution in [2.24, 2.45) is 7.05 Å². The van der Waals surface area contributed by atoms with Gasteiger partial charge in [0, 0.05) is 7.05 Å². The van der Waals surface area contributed by atoms with Crippen molar-refractivity contribution in [1.82, 2.24) is 9.36 Å². The van der Waals surface area contributed by atoms with Gasteiger partial charge in [-0.15, -0.1) is 0 Å². The van der Waals surface area contributed by atoms with Gasteiger partial charge in [-0.05, 0) is 58.3 Å². The second-order valence-electron chi connectivity index (χ2n) is 8.66. The number of thioether (sulfide) groups is 1. The lowest BCUT2D eigenvalue weighted by atomic mass is 9.96. The quantitative estimate of drug-likeness (QED) is 0.166. The molecule has 5 aromatic rings. The van der Waals surface area contributed by atoms with Gasteiger partial charge in [-0.25, -0.2) is 4.68 Å². The monoisotopic (exact) mass is 507 g/mol. The Morgan fingerprint density at radius 3 is 2.06 bits per heavy atom. The van der Waals surface area contributed by atoms with Crippen LogP contribution in [0.5, 0.6) is 0 Å². The maximum atomic E-state index is 13.7. The van der Waals surface area contributed by atoms with E-state index in [2.05, 4.69) is 30.3 Å². The van der Waals surface area contributed by atoms with Crippen molar-refractivity contribution in [3.05, 3.63) is 111 Å². The van der Waals surface area contributed by atoms with Gasteiger partial charge in [-0.3, -0.25) is 19.2 Å². The number of carbonyl (C=O) groups is 1. The van der Waals surface area contributed by atoms with Crippen LogP contribution in [0, 0.1) is 6.92 Å². The molecule has 36 heavy (non-hydrogen) atoms. The molecule has 1 fully saturated rings. The van der Waals surface area contributed by atoms with Crippen LogP contribution in [0.25, 0.3) is 33.3 Å². The third kappa shape index (κ3) is 3.43. The summed E-state index contributed by atoms with van der Waals surface area (Å²) in [5.41, 5.74) is 2.36. The molecule has 0 radical (unpaired) electrons. The summed E-state index contributed by atoms with van der Waals surface area (Å²) in [6.45, 7) is 1.83. The van der Waals surface area contributed by atoms with Crippen molar-refractivity contribution in [3.63, 3.8) is 0 Å². The molecular formula is C29H21N3O2S2. The molecule has 0 aliphatic carbocycles. The van der Waals surface area contributed by atoms with Crippen LogP contribution >= 0.6 is 24.0 Å². The molecule has 0 bridgehead atoms. The minimum atomic E-state index is -0.284. The zero-order valence-corrected chi connectivity index (χ0v) is 21.3. The normalized spacial score (nSPS) is 15.1. The van der Waals surface area contributed by atoms with E-state index in [1.165, 1.54) is 16.7 Å². The molecule has 176 valence electrons. The van der Waals surface area contributed by atoms with E-state index in [1.54, 1.807) is 9.36 Å². The van der Waals surface area contributed by atoms with Crippen molar-refractivity contribution in [1.29, 1.82) is 0 Å². The van der Waals surface area contributed by atoms with Crippen molar-refractivity contribution in [3.8, 4) is 5.69 Å². The summed E-state index contributed by atoms with van der Waals surface area (Å²) in [5, 5.41) is 4.32. The SMILES string of the molecule is Cc1c(N2C(=O)/C(=C/c3c4ccccc4cc4ccccc34)SC2=S)c(=O)n(-c2ccccc2)n1C. The second kappa shape index (κ2) is 8.62. The molecule has 0 N–H and O–H groups in total.